The van der Waals surface area contributed by atoms with Gasteiger partial charge in [0.15, 0.2) is 5.78 Å². The van der Waals surface area contributed by atoms with Gasteiger partial charge < -0.3 is 4.74 Å². The molecule has 2 aromatic rings. The molecule has 3 rings (SSSR count). The van der Waals surface area contributed by atoms with E-state index < -0.39 is 0 Å². The van der Waals surface area contributed by atoms with Crippen LogP contribution in [0.1, 0.15) is 34.3 Å². The Hall–Kier alpha value is -1.84. The zero-order valence-electron chi connectivity index (χ0n) is 14.0. The summed E-state index contributed by atoms with van der Waals surface area (Å²) >= 11 is 0. The van der Waals surface area contributed by atoms with Gasteiger partial charge in [0.2, 0.25) is 0 Å². The van der Waals surface area contributed by atoms with Gasteiger partial charge in [-0.15, -0.1) is 12.4 Å². The van der Waals surface area contributed by atoms with E-state index in [4.69, 9.17) is 4.74 Å². The fourth-order valence-electron chi connectivity index (χ4n) is 3.13. The van der Waals surface area contributed by atoms with Gasteiger partial charge in [0.25, 0.3) is 0 Å². The second-order valence-corrected chi connectivity index (χ2v) is 6.05. The normalized spacial score (nSPS) is 13.7. The number of ketones is 1. The van der Waals surface area contributed by atoms with Crippen molar-refractivity contribution < 1.29 is 9.53 Å². The zero-order valence-corrected chi connectivity index (χ0v) is 14.8. The molecule has 24 heavy (non-hydrogen) atoms. The number of ether oxygens (including phenoxy) is 1. The van der Waals surface area contributed by atoms with E-state index >= 15 is 0 Å². The molecule has 4 heteroatoms. The average Bonchev–Trinajstić information content (AvgIpc) is 2.61. The van der Waals surface area contributed by atoms with E-state index in [0.717, 1.165) is 43.8 Å². The molecule has 1 heterocycles. The van der Waals surface area contributed by atoms with Crippen molar-refractivity contribution >= 4 is 18.2 Å². The Morgan fingerprint density at radius 1 is 1.08 bits per heavy atom. The van der Waals surface area contributed by atoms with Crippen LogP contribution in [0.3, 0.4) is 0 Å². The number of benzene rings is 2. The van der Waals surface area contributed by atoms with Crippen LogP contribution >= 0.6 is 12.4 Å². The van der Waals surface area contributed by atoms with Gasteiger partial charge in [-0.2, -0.15) is 0 Å². The Balaban J connectivity index is 0.00000208. The average molecular weight is 346 g/mol. The third-order valence-electron chi connectivity index (χ3n) is 4.50. The van der Waals surface area contributed by atoms with Gasteiger partial charge >= 0.3 is 0 Å². The van der Waals surface area contributed by atoms with Gasteiger partial charge in [0, 0.05) is 25.1 Å². The van der Waals surface area contributed by atoms with E-state index in [9.17, 15) is 4.79 Å². The summed E-state index contributed by atoms with van der Waals surface area (Å²) in [5, 5.41) is 0. The van der Waals surface area contributed by atoms with E-state index in [2.05, 4.69) is 29.2 Å². The number of fused-ring (bicyclic) bond motifs is 1. The second kappa shape index (κ2) is 8.86. The summed E-state index contributed by atoms with van der Waals surface area (Å²) in [5.41, 5.74) is 3.67. The molecule has 0 radical (unpaired) electrons. The summed E-state index contributed by atoms with van der Waals surface area (Å²) in [6.45, 7) is 3.08. The molecular weight excluding hydrogens is 322 g/mol. The van der Waals surface area contributed by atoms with Crippen LogP contribution < -0.4 is 4.74 Å². The van der Waals surface area contributed by atoms with Gasteiger partial charge in [0.1, 0.15) is 5.75 Å². The van der Waals surface area contributed by atoms with Gasteiger partial charge in [-0.3, -0.25) is 9.69 Å². The maximum atomic E-state index is 12.2. The van der Waals surface area contributed by atoms with Crippen LogP contribution in [0.25, 0.3) is 0 Å². The molecule has 0 aromatic heterocycles. The monoisotopic (exact) mass is 345 g/mol. The topological polar surface area (TPSA) is 29.5 Å². The highest BCUT2D eigenvalue weighted by Crippen LogP contribution is 2.19. The standard InChI is InChI=1S/C20H23NO2.ClH/c1-23-19-10-8-17(9-11-19)20(22)7-4-13-21-14-12-16-5-2-3-6-18(16)15-21;/h2-3,5-6,8-11H,4,7,12-15H2,1H3;1H. The van der Waals surface area contributed by atoms with Crippen LogP contribution in [0, 0.1) is 0 Å². The lowest BCUT2D eigenvalue weighted by Crippen LogP contribution is -2.31. The number of carbonyl (C=O) groups excluding carboxylic acids is 1. The van der Waals surface area contributed by atoms with Crippen molar-refractivity contribution in [1.82, 2.24) is 4.90 Å². The summed E-state index contributed by atoms with van der Waals surface area (Å²) in [4.78, 5) is 14.7. The van der Waals surface area contributed by atoms with Gasteiger partial charge in [-0.05, 0) is 54.8 Å². The summed E-state index contributed by atoms with van der Waals surface area (Å²) in [7, 11) is 1.63. The highest BCUT2D eigenvalue weighted by molar-refractivity contribution is 5.96. The van der Waals surface area contributed by atoms with Crippen LogP contribution in [-0.4, -0.2) is 30.9 Å². The smallest absolute Gasteiger partial charge is 0.162 e. The third-order valence-corrected chi connectivity index (χ3v) is 4.50. The van der Waals surface area contributed by atoms with Gasteiger partial charge in [-0.1, -0.05) is 24.3 Å². The molecule has 0 unspecified atom stereocenters. The molecule has 0 amide bonds. The lowest BCUT2D eigenvalue weighted by molar-refractivity contribution is 0.0973. The second-order valence-electron chi connectivity index (χ2n) is 6.05. The Labute approximate surface area is 150 Å². The molecule has 1 aliphatic rings. The molecule has 0 saturated heterocycles. The Morgan fingerprint density at radius 2 is 1.79 bits per heavy atom. The lowest BCUT2D eigenvalue weighted by Gasteiger charge is -2.28. The number of rotatable bonds is 6. The number of hydrogen-bond acceptors (Lipinski definition) is 3. The molecule has 0 aliphatic carbocycles. The summed E-state index contributed by atoms with van der Waals surface area (Å²) in [5.74, 6) is 0.999. The first-order valence-corrected chi connectivity index (χ1v) is 8.22. The van der Waals surface area contributed by atoms with Crippen molar-refractivity contribution in [2.24, 2.45) is 0 Å². The number of carbonyl (C=O) groups is 1. The lowest BCUT2D eigenvalue weighted by atomic mass is 9.99. The highest BCUT2D eigenvalue weighted by Gasteiger charge is 2.15. The first-order valence-electron chi connectivity index (χ1n) is 8.22. The molecule has 1 aliphatic heterocycles. The maximum absolute atomic E-state index is 12.2. The zero-order chi connectivity index (χ0) is 16.1. The first kappa shape index (κ1) is 18.5. The maximum Gasteiger partial charge on any atom is 0.162 e. The minimum atomic E-state index is 0. The minimum absolute atomic E-state index is 0. The summed E-state index contributed by atoms with van der Waals surface area (Å²) in [6, 6.07) is 16.0. The van der Waals surface area contributed by atoms with Crippen molar-refractivity contribution in [1.29, 1.82) is 0 Å². The molecule has 0 spiro atoms. The molecule has 128 valence electrons. The number of nitrogens with zero attached hydrogens (tertiary/aromatic N) is 1. The number of methoxy groups -OCH3 is 1. The van der Waals surface area contributed by atoms with Crippen LogP contribution in [0.15, 0.2) is 48.5 Å². The quantitative estimate of drug-likeness (QED) is 0.737. The van der Waals surface area contributed by atoms with Crippen molar-refractivity contribution in [3.8, 4) is 5.75 Å². The molecule has 2 aromatic carbocycles. The summed E-state index contributed by atoms with van der Waals surface area (Å²) < 4.78 is 5.12. The fraction of sp³-hybridized carbons (Fsp3) is 0.350. The van der Waals surface area contributed by atoms with E-state index in [1.165, 1.54) is 11.1 Å². The Kier molecular flexibility index (Phi) is 6.83. The van der Waals surface area contributed by atoms with Crippen LogP contribution in [0.2, 0.25) is 0 Å². The van der Waals surface area contributed by atoms with E-state index in [0.29, 0.717) is 6.42 Å². The minimum Gasteiger partial charge on any atom is -0.497 e. The molecule has 0 saturated carbocycles. The first-order chi connectivity index (χ1) is 11.3. The third kappa shape index (κ3) is 4.59. The number of Topliss-reactive ketones (excluding diaryl/α,β-unsaturated/α-hetero) is 1. The fourth-order valence-corrected chi connectivity index (χ4v) is 3.13. The SMILES string of the molecule is COc1ccc(C(=O)CCCN2CCc3ccccc3C2)cc1.Cl. The van der Waals surface area contributed by atoms with Crippen molar-refractivity contribution in [3.63, 3.8) is 0 Å². The molecule has 0 atom stereocenters. The predicted molar refractivity (Wildman–Crippen MR) is 99.2 cm³/mol. The Morgan fingerprint density at radius 3 is 2.50 bits per heavy atom. The number of hydrogen-bond donors (Lipinski definition) is 0. The molecular formula is C20H24ClNO2. The largest absolute Gasteiger partial charge is 0.497 e. The van der Waals surface area contributed by atoms with Crippen LogP contribution in [0.5, 0.6) is 5.75 Å². The molecule has 0 N–H and O–H groups in total. The molecule has 0 bridgehead atoms. The van der Waals surface area contributed by atoms with E-state index in [1.807, 2.05) is 24.3 Å². The number of halogens is 1. The van der Waals surface area contributed by atoms with Gasteiger partial charge in [0.05, 0.1) is 7.11 Å². The van der Waals surface area contributed by atoms with Crippen molar-refractivity contribution in [3.05, 3.63) is 65.2 Å². The van der Waals surface area contributed by atoms with Crippen LogP contribution in [-0.2, 0) is 13.0 Å². The summed E-state index contributed by atoms with van der Waals surface area (Å²) in [6.07, 6.45) is 2.63. The molecule has 0 fully saturated rings. The Bertz CT molecular complexity index is 670. The van der Waals surface area contributed by atoms with E-state index in [1.54, 1.807) is 7.11 Å². The van der Waals surface area contributed by atoms with E-state index in [-0.39, 0.29) is 18.2 Å². The predicted octanol–water partition coefficient (Wildman–Crippen LogP) is 4.14. The van der Waals surface area contributed by atoms with Crippen molar-refractivity contribution in [2.75, 3.05) is 20.2 Å². The van der Waals surface area contributed by atoms with Crippen molar-refractivity contribution in [2.45, 2.75) is 25.8 Å². The molecule has 3 nitrogen and oxygen atoms in total. The van der Waals surface area contributed by atoms with Gasteiger partial charge in [-0.25, -0.2) is 0 Å². The highest BCUT2D eigenvalue weighted by atomic mass is 35.5. The van der Waals surface area contributed by atoms with Crippen LogP contribution in [0.4, 0.5) is 0 Å².